The summed E-state index contributed by atoms with van der Waals surface area (Å²) in [5.41, 5.74) is 0.662. The van der Waals surface area contributed by atoms with Crippen molar-refractivity contribution in [2.75, 3.05) is 46.9 Å². The normalized spacial score (nSPS) is 19.4. The predicted molar refractivity (Wildman–Crippen MR) is 84.9 cm³/mol. The van der Waals surface area contributed by atoms with Crippen LogP contribution in [0.4, 0.5) is 4.39 Å². The van der Waals surface area contributed by atoms with Gasteiger partial charge in [0, 0.05) is 25.6 Å². The number of ether oxygens (including phenoxy) is 1. The summed E-state index contributed by atoms with van der Waals surface area (Å²) < 4.78 is 19.6. The van der Waals surface area contributed by atoms with Gasteiger partial charge in [0.2, 0.25) is 0 Å². The molecule has 22 heavy (non-hydrogen) atoms. The highest BCUT2D eigenvalue weighted by molar-refractivity contribution is 6.34. The van der Waals surface area contributed by atoms with E-state index in [0.717, 1.165) is 6.54 Å². The first-order valence-corrected chi connectivity index (χ1v) is 7.74. The smallest absolute Gasteiger partial charge is 0.258 e. The standard InChI is InChI=1S/C16H22ClFN2O2/c1-11-4-5-13(18)14(15(11)17)16(21)20-6-7-22-10-12(9-20)8-19(2)3/h4-5,12H,6-10H2,1-3H3/t12-/m1/s1. The zero-order chi connectivity index (χ0) is 16.3. The van der Waals surface area contributed by atoms with Gasteiger partial charge in [-0.05, 0) is 32.6 Å². The SMILES string of the molecule is Cc1ccc(F)c(C(=O)N2CCOC[C@H](CN(C)C)C2)c1Cl. The number of benzene rings is 1. The van der Waals surface area contributed by atoms with Crippen LogP contribution in [0, 0.1) is 18.7 Å². The average Bonchev–Trinajstić information content (AvgIpc) is 2.68. The molecule has 1 heterocycles. The fourth-order valence-corrected chi connectivity index (χ4v) is 2.94. The van der Waals surface area contributed by atoms with Gasteiger partial charge in [-0.2, -0.15) is 0 Å². The van der Waals surface area contributed by atoms with Crippen LogP contribution >= 0.6 is 11.6 Å². The molecule has 0 radical (unpaired) electrons. The summed E-state index contributed by atoms with van der Waals surface area (Å²) in [6, 6.07) is 2.87. The van der Waals surface area contributed by atoms with E-state index in [4.69, 9.17) is 16.3 Å². The fraction of sp³-hybridized carbons (Fsp3) is 0.562. The lowest BCUT2D eigenvalue weighted by Crippen LogP contribution is -2.39. The van der Waals surface area contributed by atoms with Crippen molar-refractivity contribution in [1.82, 2.24) is 9.80 Å². The highest BCUT2D eigenvalue weighted by Crippen LogP contribution is 2.25. The molecule has 1 aliphatic heterocycles. The van der Waals surface area contributed by atoms with Gasteiger partial charge in [-0.1, -0.05) is 17.7 Å². The van der Waals surface area contributed by atoms with Crippen LogP contribution in [-0.4, -0.2) is 62.7 Å². The van der Waals surface area contributed by atoms with Gasteiger partial charge in [-0.15, -0.1) is 0 Å². The average molecular weight is 329 g/mol. The van der Waals surface area contributed by atoms with Gasteiger partial charge in [-0.25, -0.2) is 4.39 Å². The molecule has 1 saturated heterocycles. The molecular formula is C16H22ClFN2O2. The summed E-state index contributed by atoms with van der Waals surface area (Å²) in [6.45, 7) is 4.63. The van der Waals surface area contributed by atoms with Crippen molar-refractivity contribution in [1.29, 1.82) is 0 Å². The molecule has 1 atom stereocenters. The molecule has 6 heteroatoms. The molecule has 0 bridgehead atoms. The van der Waals surface area contributed by atoms with E-state index in [9.17, 15) is 9.18 Å². The van der Waals surface area contributed by atoms with Gasteiger partial charge in [0.25, 0.3) is 5.91 Å². The maximum Gasteiger partial charge on any atom is 0.258 e. The summed E-state index contributed by atoms with van der Waals surface area (Å²) in [5, 5.41) is 0.194. The Morgan fingerprint density at radius 2 is 2.23 bits per heavy atom. The molecule has 0 spiro atoms. The lowest BCUT2D eigenvalue weighted by atomic mass is 10.1. The third-order valence-corrected chi connectivity index (χ3v) is 4.23. The Morgan fingerprint density at radius 3 is 2.91 bits per heavy atom. The van der Waals surface area contributed by atoms with Gasteiger partial charge >= 0.3 is 0 Å². The maximum absolute atomic E-state index is 14.1. The molecule has 0 unspecified atom stereocenters. The summed E-state index contributed by atoms with van der Waals surface area (Å²) >= 11 is 6.15. The molecule has 122 valence electrons. The minimum atomic E-state index is -0.574. The van der Waals surface area contributed by atoms with Crippen molar-refractivity contribution in [3.63, 3.8) is 0 Å². The van der Waals surface area contributed by atoms with Crippen LogP contribution < -0.4 is 0 Å². The van der Waals surface area contributed by atoms with Crippen molar-refractivity contribution < 1.29 is 13.9 Å². The first-order valence-electron chi connectivity index (χ1n) is 7.36. The molecule has 1 amide bonds. The highest BCUT2D eigenvalue weighted by atomic mass is 35.5. The number of amides is 1. The zero-order valence-electron chi connectivity index (χ0n) is 13.2. The van der Waals surface area contributed by atoms with E-state index in [1.54, 1.807) is 17.9 Å². The minimum absolute atomic E-state index is 0.0350. The second kappa shape index (κ2) is 7.40. The lowest BCUT2D eigenvalue weighted by molar-refractivity contribution is 0.0730. The van der Waals surface area contributed by atoms with E-state index in [2.05, 4.69) is 4.90 Å². The third kappa shape index (κ3) is 3.97. The van der Waals surface area contributed by atoms with Crippen LogP contribution in [0.3, 0.4) is 0 Å². The largest absolute Gasteiger partial charge is 0.379 e. The Hall–Kier alpha value is -1.17. The maximum atomic E-state index is 14.1. The second-order valence-electron chi connectivity index (χ2n) is 6.01. The Bertz CT molecular complexity index is 551. The number of halogens is 2. The van der Waals surface area contributed by atoms with E-state index < -0.39 is 5.82 Å². The number of carbonyl (C=O) groups excluding carboxylic acids is 1. The summed E-state index contributed by atoms with van der Waals surface area (Å²) in [6.07, 6.45) is 0. The third-order valence-electron chi connectivity index (χ3n) is 3.75. The quantitative estimate of drug-likeness (QED) is 0.854. The first kappa shape index (κ1) is 17.2. The van der Waals surface area contributed by atoms with Crippen molar-refractivity contribution >= 4 is 17.5 Å². The Kier molecular flexibility index (Phi) is 5.78. The van der Waals surface area contributed by atoms with E-state index in [1.807, 2.05) is 14.1 Å². The number of aryl methyl sites for hydroxylation is 1. The van der Waals surface area contributed by atoms with Gasteiger partial charge in [0.15, 0.2) is 0 Å². The van der Waals surface area contributed by atoms with Crippen LogP contribution in [0.5, 0.6) is 0 Å². The molecule has 0 N–H and O–H groups in total. The monoisotopic (exact) mass is 328 g/mol. The molecule has 2 rings (SSSR count). The van der Waals surface area contributed by atoms with Crippen molar-refractivity contribution in [2.45, 2.75) is 6.92 Å². The molecule has 1 fully saturated rings. The van der Waals surface area contributed by atoms with Crippen LogP contribution in [0.15, 0.2) is 12.1 Å². The Labute approximate surface area is 135 Å². The van der Waals surface area contributed by atoms with Gasteiger partial charge < -0.3 is 14.5 Å². The molecule has 0 aromatic heterocycles. The molecule has 1 aliphatic rings. The van der Waals surface area contributed by atoms with Crippen LogP contribution in [0.2, 0.25) is 5.02 Å². The van der Waals surface area contributed by atoms with Crippen molar-refractivity contribution in [3.8, 4) is 0 Å². The Morgan fingerprint density at radius 1 is 1.50 bits per heavy atom. The highest BCUT2D eigenvalue weighted by Gasteiger charge is 2.27. The summed E-state index contributed by atoms with van der Waals surface area (Å²) in [7, 11) is 3.96. The fourth-order valence-electron chi connectivity index (χ4n) is 2.70. The number of hydrogen-bond acceptors (Lipinski definition) is 3. The van der Waals surface area contributed by atoms with Crippen LogP contribution in [0.1, 0.15) is 15.9 Å². The number of hydrogen-bond donors (Lipinski definition) is 0. The number of carbonyl (C=O) groups is 1. The van der Waals surface area contributed by atoms with Crippen molar-refractivity contribution in [2.24, 2.45) is 5.92 Å². The minimum Gasteiger partial charge on any atom is -0.379 e. The topological polar surface area (TPSA) is 32.8 Å². The van der Waals surface area contributed by atoms with E-state index in [1.165, 1.54) is 6.07 Å². The number of nitrogens with zero attached hydrogens (tertiary/aromatic N) is 2. The second-order valence-corrected chi connectivity index (χ2v) is 6.39. The zero-order valence-corrected chi connectivity index (χ0v) is 14.0. The molecular weight excluding hydrogens is 307 g/mol. The lowest BCUT2D eigenvalue weighted by Gasteiger charge is -2.26. The molecule has 1 aromatic carbocycles. The van der Waals surface area contributed by atoms with Crippen molar-refractivity contribution in [3.05, 3.63) is 34.1 Å². The van der Waals surface area contributed by atoms with Gasteiger partial charge in [0.05, 0.1) is 23.8 Å². The number of rotatable bonds is 3. The Balaban J connectivity index is 2.22. The summed E-state index contributed by atoms with van der Waals surface area (Å²) in [5.74, 6) is -0.733. The molecule has 4 nitrogen and oxygen atoms in total. The van der Waals surface area contributed by atoms with Gasteiger partial charge in [-0.3, -0.25) is 4.79 Å². The van der Waals surface area contributed by atoms with E-state index >= 15 is 0 Å². The summed E-state index contributed by atoms with van der Waals surface area (Å²) in [4.78, 5) is 16.4. The predicted octanol–water partition coefficient (Wildman–Crippen LogP) is 2.44. The van der Waals surface area contributed by atoms with E-state index in [-0.39, 0.29) is 22.4 Å². The molecule has 0 saturated carbocycles. The first-order chi connectivity index (χ1) is 10.4. The van der Waals surface area contributed by atoms with Crippen LogP contribution in [0.25, 0.3) is 0 Å². The molecule has 0 aliphatic carbocycles. The van der Waals surface area contributed by atoms with E-state index in [0.29, 0.717) is 31.9 Å². The van der Waals surface area contributed by atoms with Gasteiger partial charge in [0.1, 0.15) is 5.82 Å². The van der Waals surface area contributed by atoms with Crippen LogP contribution in [-0.2, 0) is 4.74 Å². The molecule has 1 aromatic rings.